The lowest BCUT2D eigenvalue weighted by Gasteiger charge is -2.35. The quantitative estimate of drug-likeness (QED) is 0.0894. The van der Waals surface area contributed by atoms with Crippen molar-refractivity contribution in [1.29, 1.82) is 0 Å². The molecule has 10 nitrogen and oxygen atoms in total. The number of allylic oxidation sites excluding steroid dienone is 3. The largest absolute Gasteiger partial charge is 0.469 e. The van der Waals surface area contributed by atoms with E-state index < -0.39 is 37.7 Å². The smallest absolute Gasteiger partial charge is 0.454 e. The molecule has 1 aliphatic heterocycles. The van der Waals surface area contributed by atoms with Gasteiger partial charge in [-0.1, -0.05) is 49.8 Å². The van der Waals surface area contributed by atoms with Crippen LogP contribution in [0.3, 0.4) is 0 Å². The van der Waals surface area contributed by atoms with Gasteiger partial charge in [-0.05, 0) is 50.6 Å². The van der Waals surface area contributed by atoms with Crippen LogP contribution in [0.2, 0.25) is 0 Å². The molecular weight excluding hydrogens is 489 g/mol. The lowest BCUT2D eigenvalue weighted by molar-refractivity contribution is -0.143. The first-order chi connectivity index (χ1) is 17.0. The summed E-state index contributed by atoms with van der Waals surface area (Å²) in [6.45, 7) is 1.87. The highest BCUT2D eigenvalue weighted by atomic mass is 31.2. The Morgan fingerprint density at radius 2 is 2.06 bits per heavy atom. The number of nitrogens with two attached hydrogens (primary N) is 1. The highest BCUT2D eigenvalue weighted by Gasteiger charge is 2.40. The summed E-state index contributed by atoms with van der Waals surface area (Å²) in [6.07, 6.45) is 12.5. The minimum Gasteiger partial charge on any atom is -0.454 e. The van der Waals surface area contributed by atoms with Gasteiger partial charge in [-0.25, -0.2) is 9.36 Å². The van der Waals surface area contributed by atoms with Gasteiger partial charge in [0, 0.05) is 18.4 Å². The van der Waals surface area contributed by atoms with Crippen LogP contribution in [0.5, 0.6) is 0 Å². The molecule has 11 heteroatoms. The van der Waals surface area contributed by atoms with Crippen molar-refractivity contribution in [3.05, 3.63) is 48.6 Å². The molecule has 7 atom stereocenters. The second-order valence-corrected chi connectivity index (χ2v) is 10.7. The van der Waals surface area contributed by atoms with Gasteiger partial charge in [0.05, 0.1) is 12.2 Å². The average molecular weight is 530 g/mol. The lowest BCUT2D eigenvalue weighted by atomic mass is 9.86. The van der Waals surface area contributed by atoms with E-state index in [1.54, 1.807) is 18.2 Å². The first-order valence-corrected chi connectivity index (χ1v) is 13.9. The van der Waals surface area contributed by atoms with Crippen molar-refractivity contribution in [2.24, 2.45) is 17.6 Å². The summed E-state index contributed by atoms with van der Waals surface area (Å²) < 4.78 is 21.9. The number of phosphoric acid groups is 1. The van der Waals surface area contributed by atoms with Crippen LogP contribution in [0.25, 0.3) is 0 Å². The number of aliphatic hydroxyl groups is 3. The molecule has 1 fully saturated rings. The van der Waals surface area contributed by atoms with Gasteiger partial charge >= 0.3 is 13.8 Å². The van der Waals surface area contributed by atoms with E-state index in [2.05, 4.69) is 0 Å². The zero-order chi connectivity index (χ0) is 26.8. The van der Waals surface area contributed by atoms with E-state index in [1.165, 1.54) is 24.3 Å². The molecule has 1 aliphatic carbocycles. The predicted octanol–water partition coefficient (Wildman–Crippen LogP) is 2.02. The molecule has 36 heavy (non-hydrogen) atoms. The van der Waals surface area contributed by atoms with Crippen LogP contribution in [0.4, 0.5) is 0 Å². The number of esters is 1. The van der Waals surface area contributed by atoms with E-state index in [0.29, 0.717) is 12.8 Å². The Morgan fingerprint density at radius 3 is 2.69 bits per heavy atom. The van der Waals surface area contributed by atoms with Crippen LogP contribution in [0.1, 0.15) is 51.9 Å². The third kappa shape index (κ3) is 10.4. The molecule has 1 heterocycles. The SMILES string of the molecule is CC[C@H]1C=CC(=O)O[C@H]1/C=C/[C@](O)(CCN)[C@@H](C[C@@H](O)/C=C\C=C/[C@H]1CCC[C@H](O)C1)OP(=O)(O)O. The van der Waals surface area contributed by atoms with E-state index in [1.807, 2.05) is 13.0 Å². The second-order valence-electron chi connectivity index (χ2n) is 9.46. The molecule has 0 aromatic carbocycles. The molecule has 2 aliphatic rings. The summed E-state index contributed by atoms with van der Waals surface area (Å²) in [5.74, 6) is -0.416. The molecular formula is C25H40NO9P. The van der Waals surface area contributed by atoms with Crippen molar-refractivity contribution in [1.82, 2.24) is 0 Å². The summed E-state index contributed by atoms with van der Waals surface area (Å²) >= 11 is 0. The summed E-state index contributed by atoms with van der Waals surface area (Å²) in [5, 5.41) is 31.6. The second kappa shape index (κ2) is 14.4. The summed E-state index contributed by atoms with van der Waals surface area (Å²) in [5.41, 5.74) is 3.71. The Morgan fingerprint density at radius 1 is 1.31 bits per heavy atom. The maximum absolute atomic E-state index is 11.7. The number of aliphatic hydroxyl groups excluding tert-OH is 2. The van der Waals surface area contributed by atoms with Crippen molar-refractivity contribution in [3.8, 4) is 0 Å². The fraction of sp³-hybridized carbons (Fsp3) is 0.640. The van der Waals surface area contributed by atoms with Crippen molar-refractivity contribution >= 4 is 13.8 Å². The molecule has 0 aromatic rings. The monoisotopic (exact) mass is 529 g/mol. The molecule has 0 aromatic heterocycles. The Hall–Kier alpha value is -1.62. The molecule has 0 radical (unpaired) electrons. The minimum atomic E-state index is -5.04. The van der Waals surface area contributed by atoms with Crippen molar-refractivity contribution in [2.75, 3.05) is 6.54 Å². The number of cyclic esters (lactones) is 1. The molecule has 2 rings (SSSR count). The zero-order valence-electron chi connectivity index (χ0n) is 20.6. The molecule has 0 unspecified atom stereocenters. The first kappa shape index (κ1) is 30.6. The highest BCUT2D eigenvalue weighted by Crippen LogP contribution is 2.42. The van der Waals surface area contributed by atoms with Gasteiger partial charge in [0.15, 0.2) is 0 Å². The van der Waals surface area contributed by atoms with E-state index in [4.69, 9.17) is 15.0 Å². The number of ether oxygens (including phenoxy) is 1. The fourth-order valence-corrected chi connectivity index (χ4v) is 5.16. The van der Waals surface area contributed by atoms with E-state index in [-0.39, 0.29) is 37.3 Å². The molecule has 7 N–H and O–H groups in total. The summed E-state index contributed by atoms with van der Waals surface area (Å²) in [7, 11) is -5.04. The molecule has 0 spiro atoms. The number of hydrogen-bond acceptors (Lipinski definition) is 8. The highest BCUT2D eigenvalue weighted by molar-refractivity contribution is 7.46. The van der Waals surface area contributed by atoms with Crippen molar-refractivity contribution in [2.45, 2.75) is 81.9 Å². The third-order valence-electron chi connectivity index (χ3n) is 6.54. The average Bonchev–Trinajstić information content (AvgIpc) is 2.79. The maximum atomic E-state index is 11.7. The van der Waals surface area contributed by atoms with Gasteiger partial charge in [0.1, 0.15) is 17.8 Å². The van der Waals surface area contributed by atoms with Gasteiger partial charge in [-0.2, -0.15) is 0 Å². The molecule has 0 amide bonds. The predicted molar refractivity (Wildman–Crippen MR) is 134 cm³/mol. The molecule has 204 valence electrons. The number of rotatable bonds is 13. The normalized spacial score (nSPS) is 29.0. The number of phosphoric ester groups is 1. The van der Waals surface area contributed by atoms with Crippen LogP contribution < -0.4 is 5.73 Å². The van der Waals surface area contributed by atoms with Crippen molar-refractivity contribution < 1.29 is 43.7 Å². The van der Waals surface area contributed by atoms with Crippen LogP contribution >= 0.6 is 7.82 Å². The molecule has 1 saturated carbocycles. The minimum absolute atomic E-state index is 0.0364. The van der Waals surface area contributed by atoms with Crippen LogP contribution in [-0.4, -0.2) is 67.6 Å². The molecule has 0 bridgehead atoms. The van der Waals surface area contributed by atoms with Gasteiger partial charge < -0.3 is 35.6 Å². The lowest BCUT2D eigenvalue weighted by Crippen LogP contribution is -2.45. The Balaban J connectivity index is 2.16. The van der Waals surface area contributed by atoms with E-state index in [9.17, 15) is 34.5 Å². The maximum Gasteiger partial charge on any atom is 0.469 e. The third-order valence-corrected chi connectivity index (χ3v) is 7.07. The summed E-state index contributed by atoms with van der Waals surface area (Å²) in [4.78, 5) is 30.6. The van der Waals surface area contributed by atoms with Gasteiger partial charge in [0.25, 0.3) is 0 Å². The van der Waals surface area contributed by atoms with Crippen molar-refractivity contribution in [3.63, 3.8) is 0 Å². The topological polar surface area (TPSA) is 180 Å². The van der Waals surface area contributed by atoms with Gasteiger partial charge in [-0.15, -0.1) is 0 Å². The standard InChI is InChI=1S/C25H40NO9P/c1-2-19-10-11-24(29)34-22(19)12-13-25(30,14-15-26)23(35-36(31,32)33)17-21(28)8-4-3-6-18-7-5-9-20(27)16-18/h3-4,6,8,10-13,18-23,27-28,30H,2,5,7,9,14-17,26H2,1H3,(H2,31,32,33)/b6-3-,8-4-,13-12+/t18-,19-,20-,21-,22-,23+,25-/m0/s1. The first-order valence-electron chi connectivity index (χ1n) is 12.4. The Labute approximate surface area is 212 Å². The van der Waals surface area contributed by atoms with E-state index in [0.717, 1.165) is 19.3 Å². The van der Waals surface area contributed by atoms with E-state index >= 15 is 0 Å². The fourth-order valence-electron chi connectivity index (χ4n) is 4.56. The van der Waals surface area contributed by atoms with Crippen LogP contribution in [-0.2, 0) is 18.6 Å². The Bertz CT molecular complexity index is 868. The number of carbonyl (C=O) groups excluding carboxylic acids is 1. The van der Waals surface area contributed by atoms with Crippen LogP contribution in [0.15, 0.2) is 48.6 Å². The number of carbonyl (C=O) groups is 1. The molecule has 0 saturated heterocycles. The summed E-state index contributed by atoms with van der Waals surface area (Å²) in [6, 6.07) is 0. The van der Waals surface area contributed by atoms with Crippen LogP contribution in [0, 0.1) is 11.8 Å². The zero-order valence-corrected chi connectivity index (χ0v) is 21.5. The number of hydrogen-bond donors (Lipinski definition) is 6. The Kier molecular flexibility index (Phi) is 12.2. The van der Waals surface area contributed by atoms with Gasteiger partial charge in [-0.3, -0.25) is 4.52 Å². The van der Waals surface area contributed by atoms with Gasteiger partial charge in [0.2, 0.25) is 0 Å².